The van der Waals surface area contributed by atoms with E-state index in [0.717, 1.165) is 39.0 Å². The van der Waals surface area contributed by atoms with Crippen LogP contribution in [0.2, 0.25) is 0 Å². The number of fused-ring (bicyclic) bond motifs is 3. The first kappa shape index (κ1) is 15.7. The van der Waals surface area contributed by atoms with Gasteiger partial charge in [-0.05, 0) is 47.5 Å². The number of para-hydroxylation sites is 1. The van der Waals surface area contributed by atoms with Crippen LogP contribution in [0.5, 0.6) is 11.5 Å². The van der Waals surface area contributed by atoms with Crippen LogP contribution in [-0.4, -0.2) is 11.4 Å². The molecule has 0 N–H and O–H groups in total. The van der Waals surface area contributed by atoms with E-state index in [2.05, 4.69) is 11.1 Å². The number of rotatable bonds is 3. The van der Waals surface area contributed by atoms with Crippen LogP contribution < -0.4 is 14.9 Å². The molecule has 1 aliphatic rings. The van der Waals surface area contributed by atoms with Crippen LogP contribution in [0.4, 0.5) is 0 Å². The van der Waals surface area contributed by atoms with Crippen molar-refractivity contribution in [2.75, 3.05) is 6.79 Å². The summed E-state index contributed by atoms with van der Waals surface area (Å²) < 4.78 is 13.0. The smallest absolute Gasteiger partial charge is 0.231 e. The first-order valence-corrected chi connectivity index (χ1v) is 8.82. The van der Waals surface area contributed by atoms with Gasteiger partial charge in [-0.3, -0.25) is 4.79 Å². The molecule has 0 fully saturated rings. The van der Waals surface area contributed by atoms with E-state index in [4.69, 9.17) is 9.47 Å². The molecule has 0 amide bonds. The molecule has 2 heterocycles. The zero-order valence-electron chi connectivity index (χ0n) is 14.6. The summed E-state index contributed by atoms with van der Waals surface area (Å²) >= 11 is 0. The molecule has 0 bridgehead atoms. The summed E-state index contributed by atoms with van der Waals surface area (Å²) in [6.07, 6.45) is 1.85. The highest BCUT2D eigenvalue weighted by molar-refractivity contribution is 5.95. The van der Waals surface area contributed by atoms with E-state index >= 15 is 0 Å². The molecular weight excluding hydrogens is 338 g/mol. The second-order valence-electron chi connectivity index (χ2n) is 6.55. The van der Waals surface area contributed by atoms with E-state index in [0.29, 0.717) is 11.9 Å². The fraction of sp³-hybridized carbons (Fsp3) is 0.0870. The van der Waals surface area contributed by atoms with Gasteiger partial charge in [0, 0.05) is 17.3 Å². The number of allylic oxidation sites excluding steroid dienone is 1. The summed E-state index contributed by atoms with van der Waals surface area (Å²) in [5, 5.41) is 1.42. The maximum absolute atomic E-state index is 13.1. The molecule has 5 rings (SSSR count). The van der Waals surface area contributed by atoms with Crippen molar-refractivity contribution in [3.63, 3.8) is 0 Å². The fourth-order valence-corrected chi connectivity index (χ4v) is 3.71. The molecule has 0 spiro atoms. The minimum Gasteiger partial charge on any atom is -0.454 e. The third-order valence-corrected chi connectivity index (χ3v) is 4.99. The highest BCUT2D eigenvalue weighted by Gasteiger charge is 2.15. The first-order valence-electron chi connectivity index (χ1n) is 8.82. The van der Waals surface area contributed by atoms with Crippen LogP contribution >= 0.6 is 0 Å². The Labute approximate surface area is 155 Å². The zero-order valence-corrected chi connectivity index (χ0v) is 14.6. The Morgan fingerprint density at radius 2 is 1.63 bits per heavy atom. The van der Waals surface area contributed by atoms with Crippen molar-refractivity contribution in [2.24, 2.45) is 0 Å². The van der Waals surface area contributed by atoms with E-state index < -0.39 is 0 Å². The third kappa shape index (κ3) is 2.41. The van der Waals surface area contributed by atoms with Crippen molar-refractivity contribution in [3.8, 4) is 22.6 Å². The van der Waals surface area contributed by atoms with E-state index in [-0.39, 0.29) is 12.2 Å². The molecule has 1 aliphatic heterocycles. The minimum atomic E-state index is 0.0449. The Balaban J connectivity index is 1.78. The standard InChI is InChI=1S/C23H17NO3/c1-2-11-24-19-6-4-3-5-17(19)23(25)18-12-15(7-9-20(18)24)16-8-10-21-22(13-16)27-14-26-21/h2-10,12-13H,1,11,14H2. The van der Waals surface area contributed by atoms with Crippen molar-refractivity contribution >= 4 is 21.8 Å². The highest BCUT2D eigenvalue weighted by Crippen LogP contribution is 2.36. The number of benzene rings is 3. The van der Waals surface area contributed by atoms with E-state index in [1.54, 1.807) is 0 Å². The molecule has 4 heteroatoms. The Bertz CT molecular complexity index is 1270. The lowest BCUT2D eigenvalue weighted by Gasteiger charge is -2.14. The Kier molecular flexibility index (Phi) is 3.50. The topological polar surface area (TPSA) is 40.5 Å². The van der Waals surface area contributed by atoms with Gasteiger partial charge < -0.3 is 14.0 Å². The summed E-state index contributed by atoms with van der Waals surface area (Å²) in [6, 6.07) is 19.5. The molecule has 1 aromatic heterocycles. The van der Waals surface area contributed by atoms with Crippen molar-refractivity contribution in [3.05, 3.63) is 83.5 Å². The maximum Gasteiger partial charge on any atom is 0.231 e. The largest absolute Gasteiger partial charge is 0.454 e. The van der Waals surface area contributed by atoms with Gasteiger partial charge in [-0.15, -0.1) is 6.58 Å². The first-order chi connectivity index (χ1) is 13.3. The molecule has 0 atom stereocenters. The van der Waals surface area contributed by atoms with E-state index in [1.807, 2.05) is 66.7 Å². The van der Waals surface area contributed by atoms with Crippen LogP contribution in [0.15, 0.2) is 78.1 Å². The minimum absolute atomic E-state index is 0.0449. The fourth-order valence-electron chi connectivity index (χ4n) is 3.71. The number of hydrogen-bond donors (Lipinski definition) is 0. The SMILES string of the molecule is C=CCn1c2ccccc2c(=O)c2cc(-c3ccc4c(c3)OCO4)ccc21. The van der Waals surface area contributed by atoms with Gasteiger partial charge in [-0.25, -0.2) is 0 Å². The van der Waals surface area contributed by atoms with Gasteiger partial charge in [0.2, 0.25) is 6.79 Å². The number of aromatic nitrogens is 1. The molecule has 0 saturated carbocycles. The van der Waals surface area contributed by atoms with Gasteiger partial charge in [-0.1, -0.05) is 30.3 Å². The number of hydrogen-bond acceptors (Lipinski definition) is 3. The average molecular weight is 355 g/mol. The lowest BCUT2D eigenvalue weighted by molar-refractivity contribution is 0.174. The molecule has 27 heavy (non-hydrogen) atoms. The molecule has 0 radical (unpaired) electrons. The van der Waals surface area contributed by atoms with Crippen molar-refractivity contribution in [1.29, 1.82) is 0 Å². The number of ether oxygens (including phenoxy) is 2. The van der Waals surface area contributed by atoms with Gasteiger partial charge >= 0.3 is 0 Å². The zero-order chi connectivity index (χ0) is 18.4. The lowest BCUT2D eigenvalue weighted by atomic mass is 10.0. The van der Waals surface area contributed by atoms with Crippen LogP contribution in [0.25, 0.3) is 32.9 Å². The van der Waals surface area contributed by atoms with Crippen LogP contribution in [0.3, 0.4) is 0 Å². The van der Waals surface area contributed by atoms with E-state index in [9.17, 15) is 4.79 Å². The van der Waals surface area contributed by atoms with Gasteiger partial charge in [0.1, 0.15) is 0 Å². The number of nitrogens with zero attached hydrogens (tertiary/aromatic N) is 1. The van der Waals surface area contributed by atoms with Gasteiger partial charge in [0.25, 0.3) is 0 Å². The summed E-state index contributed by atoms with van der Waals surface area (Å²) in [6.45, 7) is 4.75. The average Bonchev–Trinajstić information content (AvgIpc) is 3.18. The summed E-state index contributed by atoms with van der Waals surface area (Å²) in [7, 11) is 0. The van der Waals surface area contributed by atoms with Crippen LogP contribution in [0.1, 0.15) is 0 Å². The molecule has 4 aromatic rings. The maximum atomic E-state index is 13.1. The highest BCUT2D eigenvalue weighted by atomic mass is 16.7. The molecule has 0 unspecified atom stereocenters. The van der Waals surface area contributed by atoms with Crippen LogP contribution in [-0.2, 0) is 6.54 Å². The van der Waals surface area contributed by atoms with Gasteiger partial charge in [0.05, 0.1) is 11.0 Å². The van der Waals surface area contributed by atoms with Gasteiger partial charge in [0.15, 0.2) is 16.9 Å². The molecule has 0 aliphatic carbocycles. The van der Waals surface area contributed by atoms with Crippen molar-refractivity contribution < 1.29 is 9.47 Å². The molecule has 3 aromatic carbocycles. The number of pyridine rings is 1. The predicted molar refractivity (Wildman–Crippen MR) is 107 cm³/mol. The molecule has 4 nitrogen and oxygen atoms in total. The monoisotopic (exact) mass is 355 g/mol. The van der Waals surface area contributed by atoms with E-state index in [1.165, 1.54) is 0 Å². The summed E-state index contributed by atoms with van der Waals surface area (Å²) in [5.41, 5.74) is 3.83. The normalized spacial score (nSPS) is 12.6. The molecular formula is C23H17NO3. The second kappa shape index (κ2) is 6.02. The van der Waals surface area contributed by atoms with Crippen LogP contribution in [0, 0.1) is 0 Å². The molecule has 0 saturated heterocycles. The summed E-state index contributed by atoms with van der Waals surface area (Å²) in [5.74, 6) is 1.48. The van der Waals surface area contributed by atoms with Crippen molar-refractivity contribution in [2.45, 2.75) is 6.54 Å². The Morgan fingerprint density at radius 1 is 0.889 bits per heavy atom. The Hall–Kier alpha value is -3.53. The second-order valence-corrected chi connectivity index (χ2v) is 6.55. The third-order valence-electron chi connectivity index (χ3n) is 4.99. The Morgan fingerprint density at radius 3 is 2.52 bits per heavy atom. The lowest BCUT2D eigenvalue weighted by Crippen LogP contribution is -2.11. The van der Waals surface area contributed by atoms with Gasteiger partial charge in [-0.2, -0.15) is 0 Å². The molecule has 132 valence electrons. The quantitative estimate of drug-likeness (QED) is 0.394. The predicted octanol–water partition coefficient (Wildman–Crippen LogP) is 4.74. The summed E-state index contributed by atoms with van der Waals surface area (Å²) in [4.78, 5) is 13.1. The van der Waals surface area contributed by atoms with Crippen molar-refractivity contribution in [1.82, 2.24) is 4.57 Å².